The predicted molar refractivity (Wildman–Crippen MR) is 117 cm³/mol. The van der Waals surface area contributed by atoms with Gasteiger partial charge in [-0.05, 0) is 36.1 Å². The van der Waals surface area contributed by atoms with Crippen molar-refractivity contribution in [3.05, 3.63) is 40.3 Å². The van der Waals surface area contributed by atoms with Gasteiger partial charge in [-0.15, -0.1) is 11.3 Å². The van der Waals surface area contributed by atoms with E-state index in [-0.39, 0.29) is 11.9 Å². The van der Waals surface area contributed by atoms with E-state index in [1.807, 2.05) is 13.8 Å². The van der Waals surface area contributed by atoms with Crippen LogP contribution in [-0.2, 0) is 6.54 Å². The minimum absolute atomic E-state index is 0.181. The van der Waals surface area contributed by atoms with Gasteiger partial charge in [-0.25, -0.2) is 9.78 Å². The number of carbonyl (C=O) groups excluding carboxylic acids is 2. The van der Waals surface area contributed by atoms with Crippen molar-refractivity contribution in [2.24, 2.45) is 11.8 Å². The average molecular weight is 419 g/mol. The number of ether oxygens (including phenoxy) is 1. The molecule has 3 amide bonds. The van der Waals surface area contributed by atoms with Gasteiger partial charge >= 0.3 is 6.03 Å². The summed E-state index contributed by atoms with van der Waals surface area (Å²) in [6.45, 7) is 9.73. The second-order valence-electron chi connectivity index (χ2n) is 7.66. The van der Waals surface area contributed by atoms with Gasteiger partial charge in [-0.3, -0.25) is 4.79 Å². The Bertz CT molecular complexity index is 803. The van der Waals surface area contributed by atoms with Crippen LogP contribution in [0.1, 0.15) is 43.2 Å². The molecule has 158 valence electrons. The molecule has 2 rings (SSSR count). The Hall–Kier alpha value is -2.61. The third-order valence-corrected chi connectivity index (χ3v) is 4.83. The van der Waals surface area contributed by atoms with Gasteiger partial charge in [0.1, 0.15) is 16.5 Å². The molecule has 0 fully saturated rings. The van der Waals surface area contributed by atoms with Crippen LogP contribution in [0.25, 0.3) is 0 Å². The van der Waals surface area contributed by atoms with Crippen LogP contribution >= 0.6 is 11.3 Å². The predicted octanol–water partition coefficient (Wildman–Crippen LogP) is 4.23. The first-order valence-corrected chi connectivity index (χ1v) is 10.6. The first kappa shape index (κ1) is 22.7. The van der Waals surface area contributed by atoms with Crippen LogP contribution in [0.2, 0.25) is 0 Å². The third-order valence-electron chi connectivity index (χ3n) is 4.00. The van der Waals surface area contributed by atoms with Gasteiger partial charge in [-0.2, -0.15) is 0 Å². The van der Waals surface area contributed by atoms with Crippen LogP contribution in [-0.4, -0.2) is 42.0 Å². The number of hydrogen-bond acceptors (Lipinski definition) is 5. The number of amides is 3. The highest BCUT2D eigenvalue weighted by Crippen LogP contribution is 2.18. The van der Waals surface area contributed by atoms with E-state index in [2.05, 4.69) is 29.5 Å². The molecule has 7 nitrogen and oxygen atoms in total. The molecular weight excluding hydrogens is 388 g/mol. The maximum atomic E-state index is 12.8. The average Bonchev–Trinajstić information content (AvgIpc) is 3.14. The Morgan fingerprint density at radius 2 is 1.83 bits per heavy atom. The van der Waals surface area contributed by atoms with Crippen molar-refractivity contribution in [1.82, 2.24) is 15.2 Å². The van der Waals surface area contributed by atoms with Crippen molar-refractivity contribution in [2.45, 2.75) is 34.2 Å². The van der Waals surface area contributed by atoms with E-state index >= 15 is 0 Å². The number of urea groups is 1. The topological polar surface area (TPSA) is 83.6 Å². The van der Waals surface area contributed by atoms with Crippen molar-refractivity contribution in [3.63, 3.8) is 0 Å². The Morgan fingerprint density at radius 3 is 2.41 bits per heavy atom. The van der Waals surface area contributed by atoms with Gasteiger partial charge in [0.05, 0.1) is 13.7 Å². The lowest BCUT2D eigenvalue weighted by molar-refractivity contribution is 0.0944. The van der Waals surface area contributed by atoms with E-state index in [9.17, 15) is 9.59 Å². The number of anilines is 1. The van der Waals surface area contributed by atoms with E-state index < -0.39 is 0 Å². The van der Waals surface area contributed by atoms with Gasteiger partial charge in [0.2, 0.25) is 0 Å². The summed E-state index contributed by atoms with van der Waals surface area (Å²) in [5.41, 5.74) is 1.09. The number of methoxy groups -OCH3 is 1. The molecule has 0 unspecified atom stereocenters. The summed E-state index contributed by atoms with van der Waals surface area (Å²) in [6, 6.07) is 6.98. The molecular formula is C21H30N4O3S. The lowest BCUT2D eigenvalue weighted by atomic mass is 10.2. The smallest absolute Gasteiger partial charge is 0.322 e. The molecule has 1 aromatic carbocycles. The summed E-state index contributed by atoms with van der Waals surface area (Å²) in [5, 5.41) is 8.24. The fourth-order valence-electron chi connectivity index (χ4n) is 2.58. The van der Waals surface area contributed by atoms with Gasteiger partial charge < -0.3 is 20.3 Å². The van der Waals surface area contributed by atoms with E-state index in [1.54, 1.807) is 41.7 Å². The molecule has 1 aromatic heterocycles. The molecule has 0 atom stereocenters. The molecule has 1 heterocycles. The van der Waals surface area contributed by atoms with Crippen LogP contribution in [0.3, 0.4) is 0 Å². The van der Waals surface area contributed by atoms with E-state index in [0.717, 1.165) is 10.8 Å². The second kappa shape index (κ2) is 10.8. The van der Waals surface area contributed by atoms with Crippen LogP contribution < -0.4 is 15.4 Å². The minimum Gasteiger partial charge on any atom is -0.497 e. The largest absolute Gasteiger partial charge is 0.497 e. The molecule has 8 heteroatoms. The summed E-state index contributed by atoms with van der Waals surface area (Å²) in [6.07, 6.45) is 0. The lowest BCUT2D eigenvalue weighted by Crippen LogP contribution is -2.37. The Morgan fingerprint density at radius 1 is 1.14 bits per heavy atom. The Balaban J connectivity index is 2.04. The molecule has 0 radical (unpaired) electrons. The van der Waals surface area contributed by atoms with Crippen molar-refractivity contribution >= 4 is 29.0 Å². The van der Waals surface area contributed by atoms with E-state index in [0.29, 0.717) is 42.9 Å². The number of carbonyl (C=O) groups is 2. The van der Waals surface area contributed by atoms with E-state index in [4.69, 9.17) is 4.74 Å². The monoisotopic (exact) mass is 418 g/mol. The number of nitrogens with zero attached hydrogens (tertiary/aromatic N) is 2. The number of rotatable bonds is 9. The number of hydrogen-bond donors (Lipinski definition) is 2. The first-order chi connectivity index (χ1) is 13.8. The molecule has 0 spiro atoms. The second-order valence-corrected chi connectivity index (χ2v) is 8.61. The van der Waals surface area contributed by atoms with Crippen molar-refractivity contribution in [2.75, 3.05) is 25.5 Å². The molecule has 0 saturated carbocycles. The third kappa shape index (κ3) is 7.38. The maximum Gasteiger partial charge on any atom is 0.322 e. The standard InChI is InChI=1S/C21H30N4O3S/c1-14(2)10-22-20(26)18-13-29-19(24-18)12-25(11-15(3)4)21(27)23-16-6-8-17(28-5)9-7-16/h6-9,13-15H,10-12H2,1-5H3,(H,22,26)(H,23,27). The summed E-state index contributed by atoms with van der Waals surface area (Å²) >= 11 is 1.39. The Kier molecular flexibility index (Phi) is 8.45. The zero-order valence-electron chi connectivity index (χ0n) is 17.7. The zero-order valence-corrected chi connectivity index (χ0v) is 18.5. The Labute approximate surface area is 176 Å². The zero-order chi connectivity index (χ0) is 21.4. The van der Waals surface area contributed by atoms with Crippen LogP contribution in [0.5, 0.6) is 5.75 Å². The van der Waals surface area contributed by atoms with Crippen LogP contribution in [0, 0.1) is 11.8 Å². The molecule has 29 heavy (non-hydrogen) atoms. The van der Waals surface area contributed by atoms with Crippen LogP contribution in [0.4, 0.5) is 10.5 Å². The summed E-state index contributed by atoms with van der Waals surface area (Å²) in [7, 11) is 1.60. The number of thiazole rings is 1. The SMILES string of the molecule is COc1ccc(NC(=O)N(Cc2nc(C(=O)NCC(C)C)cs2)CC(C)C)cc1. The van der Waals surface area contributed by atoms with Crippen molar-refractivity contribution in [1.29, 1.82) is 0 Å². The highest BCUT2D eigenvalue weighted by Gasteiger charge is 2.19. The lowest BCUT2D eigenvalue weighted by Gasteiger charge is -2.24. The fraction of sp³-hybridized carbons (Fsp3) is 0.476. The van der Waals surface area contributed by atoms with Gasteiger partial charge in [0.25, 0.3) is 5.91 Å². The maximum absolute atomic E-state index is 12.8. The molecule has 0 aliphatic heterocycles. The van der Waals surface area contributed by atoms with Crippen LogP contribution in [0.15, 0.2) is 29.6 Å². The summed E-state index contributed by atoms with van der Waals surface area (Å²) in [4.78, 5) is 31.1. The first-order valence-electron chi connectivity index (χ1n) is 9.71. The quantitative estimate of drug-likeness (QED) is 0.638. The normalized spacial score (nSPS) is 10.9. The van der Waals surface area contributed by atoms with E-state index in [1.165, 1.54) is 11.3 Å². The number of benzene rings is 1. The molecule has 0 aliphatic rings. The molecule has 0 bridgehead atoms. The molecule has 2 N–H and O–H groups in total. The molecule has 0 saturated heterocycles. The van der Waals surface area contributed by atoms with Crippen molar-refractivity contribution in [3.8, 4) is 5.75 Å². The van der Waals surface area contributed by atoms with Gasteiger partial charge in [0.15, 0.2) is 0 Å². The fourth-order valence-corrected chi connectivity index (χ4v) is 3.36. The molecule has 0 aliphatic carbocycles. The number of nitrogens with one attached hydrogen (secondary N) is 2. The van der Waals surface area contributed by atoms with Crippen molar-refractivity contribution < 1.29 is 14.3 Å². The highest BCUT2D eigenvalue weighted by molar-refractivity contribution is 7.09. The minimum atomic E-state index is -0.204. The number of aromatic nitrogens is 1. The summed E-state index contributed by atoms with van der Waals surface area (Å²) < 4.78 is 5.14. The van der Waals surface area contributed by atoms with Gasteiger partial charge in [-0.1, -0.05) is 27.7 Å². The van der Waals surface area contributed by atoms with Gasteiger partial charge in [0, 0.05) is 24.2 Å². The molecule has 2 aromatic rings. The highest BCUT2D eigenvalue weighted by atomic mass is 32.1. The summed E-state index contributed by atoms with van der Waals surface area (Å²) in [5.74, 6) is 1.22.